The fourth-order valence-electron chi connectivity index (χ4n) is 1.66. The van der Waals surface area contributed by atoms with Crippen LogP contribution in [0.15, 0.2) is 23.0 Å². The number of carbonyl (C=O) groups is 1. The number of benzene rings is 1. The number of hydrogen-bond acceptors (Lipinski definition) is 6. The molecule has 7 nitrogen and oxygen atoms in total. The highest BCUT2D eigenvalue weighted by Crippen LogP contribution is 2.13. The fraction of sp³-hybridized carbons (Fsp3) is 0.182. The number of esters is 1. The van der Waals surface area contributed by atoms with Crippen molar-refractivity contribution in [1.82, 2.24) is 9.97 Å². The quantitative estimate of drug-likeness (QED) is 0.662. The van der Waals surface area contributed by atoms with Crippen LogP contribution in [0.5, 0.6) is 0 Å². The summed E-state index contributed by atoms with van der Waals surface area (Å²) in [4.78, 5) is 29.5. The molecule has 9 heteroatoms. The van der Waals surface area contributed by atoms with Gasteiger partial charge in [0, 0.05) is 10.7 Å². The van der Waals surface area contributed by atoms with Gasteiger partial charge in [-0.2, -0.15) is 0 Å². The third kappa shape index (κ3) is 3.14. The summed E-state index contributed by atoms with van der Waals surface area (Å²) >= 11 is 0. The van der Waals surface area contributed by atoms with Crippen molar-refractivity contribution in [2.24, 2.45) is 0 Å². The first kappa shape index (κ1) is 14.5. The minimum absolute atomic E-state index is 0.0977. The van der Waals surface area contributed by atoms with E-state index in [9.17, 15) is 18.0 Å². The molecule has 1 N–H and O–H groups in total. The zero-order chi connectivity index (χ0) is 14.9. The number of nitrogens with one attached hydrogen (secondary N) is 1. The molecule has 106 valence electrons. The van der Waals surface area contributed by atoms with E-state index in [1.807, 2.05) is 0 Å². The van der Waals surface area contributed by atoms with Crippen LogP contribution in [0.1, 0.15) is 16.2 Å². The van der Waals surface area contributed by atoms with Gasteiger partial charge in [-0.25, -0.2) is 18.2 Å². The first-order chi connectivity index (χ1) is 9.30. The van der Waals surface area contributed by atoms with Crippen LogP contribution >= 0.6 is 10.7 Å². The molecule has 0 bridgehead atoms. The van der Waals surface area contributed by atoms with Crippen molar-refractivity contribution in [3.8, 4) is 0 Å². The standard InChI is InChI=1S/C11H9ClN2O5S/c1-19-11(16)6-2-3-7-8(4-6)13-9(14-10(7)15)5-20(12,17)18/h2-4H,5H2,1H3,(H,13,14,15). The Labute approximate surface area is 118 Å². The minimum Gasteiger partial charge on any atom is -0.465 e. The topological polar surface area (TPSA) is 106 Å². The Bertz CT molecular complexity index is 844. The van der Waals surface area contributed by atoms with E-state index < -0.39 is 26.3 Å². The first-order valence-electron chi connectivity index (χ1n) is 5.34. The molecule has 0 fully saturated rings. The number of carbonyl (C=O) groups excluding carboxylic acids is 1. The maximum absolute atomic E-state index is 11.8. The normalized spacial score (nSPS) is 11.5. The lowest BCUT2D eigenvalue weighted by atomic mass is 10.1. The van der Waals surface area contributed by atoms with Crippen LogP contribution in [0.2, 0.25) is 0 Å². The van der Waals surface area contributed by atoms with E-state index in [-0.39, 0.29) is 22.3 Å². The number of aromatic amines is 1. The van der Waals surface area contributed by atoms with E-state index in [0.717, 1.165) is 0 Å². The minimum atomic E-state index is -3.85. The summed E-state index contributed by atoms with van der Waals surface area (Å²) in [5, 5.41) is 0.230. The highest BCUT2D eigenvalue weighted by atomic mass is 35.7. The maximum atomic E-state index is 11.8. The van der Waals surface area contributed by atoms with Gasteiger partial charge in [-0.15, -0.1) is 0 Å². The lowest BCUT2D eigenvalue weighted by Gasteiger charge is -2.03. The second-order valence-corrected chi connectivity index (χ2v) is 6.70. The molecule has 0 unspecified atom stereocenters. The molecule has 1 aromatic carbocycles. The van der Waals surface area contributed by atoms with Gasteiger partial charge in [0.2, 0.25) is 9.05 Å². The smallest absolute Gasteiger partial charge is 0.337 e. The van der Waals surface area contributed by atoms with Gasteiger partial charge in [0.05, 0.1) is 23.6 Å². The maximum Gasteiger partial charge on any atom is 0.337 e. The van der Waals surface area contributed by atoms with Crippen LogP contribution in [0.4, 0.5) is 0 Å². The third-order valence-electron chi connectivity index (χ3n) is 2.49. The number of rotatable bonds is 3. The highest BCUT2D eigenvalue weighted by Gasteiger charge is 2.13. The molecule has 1 heterocycles. The molecular formula is C11H9ClN2O5S. The Hall–Kier alpha value is -1.93. The predicted octanol–water partition coefficient (Wildman–Crippen LogP) is 0.778. The number of fused-ring (bicyclic) bond motifs is 1. The van der Waals surface area contributed by atoms with Crippen LogP contribution < -0.4 is 5.56 Å². The molecule has 2 aromatic rings. The van der Waals surface area contributed by atoms with Crippen molar-refractivity contribution in [3.63, 3.8) is 0 Å². The van der Waals surface area contributed by atoms with Crippen molar-refractivity contribution >= 4 is 36.6 Å². The zero-order valence-electron chi connectivity index (χ0n) is 10.2. The van der Waals surface area contributed by atoms with Crippen molar-refractivity contribution < 1.29 is 17.9 Å². The average Bonchev–Trinajstić information content (AvgIpc) is 2.35. The van der Waals surface area contributed by atoms with Crippen LogP contribution in [0.25, 0.3) is 10.9 Å². The summed E-state index contributed by atoms with van der Waals surface area (Å²) in [7, 11) is 2.49. The lowest BCUT2D eigenvalue weighted by molar-refractivity contribution is 0.0601. The molecule has 0 aliphatic heterocycles. The van der Waals surface area contributed by atoms with E-state index in [4.69, 9.17) is 10.7 Å². The molecule has 0 spiro atoms. The second-order valence-electron chi connectivity index (χ2n) is 3.92. The second kappa shape index (κ2) is 5.22. The van der Waals surface area contributed by atoms with Gasteiger partial charge >= 0.3 is 5.97 Å². The molecular weight excluding hydrogens is 308 g/mol. The number of methoxy groups -OCH3 is 1. The highest BCUT2D eigenvalue weighted by molar-refractivity contribution is 8.13. The SMILES string of the molecule is COC(=O)c1ccc2c(=O)[nH]c(CS(=O)(=O)Cl)nc2c1. The van der Waals surface area contributed by atoms with Gasteiger partial charge in [0.15, 0.2) is 0 Å². The largest absolute Gasteiger partial charge is 0.465 e. The summed E-state index contributed by atoms with van der Waals surface area (Å²) in [6.07, 6.45) is 0. The van der Waals surface area contributed by atoms with E-state index >= 15 is 0 Å². The molecule has 0 radical (unpaired) electrons. The van der Waals surface area contributed by atoms with Crippen molar-refractivity contribution in [2.75, 3.05) is 7.11 Å². The van der Waals surface area contributed by atoms with Crippen LogP contribution in [0.3, 0.4) is 0 Å². The Kier molecular flexibility index (Phi) is 3.78. The van der Waals surface area contributed by atoms with Crippen molar-refractivity contribution in [1.29, 1.82) is 0 Å². The Balaban J connectivity index is 2.61. The van der Waals surface area contributed by atoms with Gasteiger partial charge in [0.25, 0.3) is 5.56 Å². The van der Waals surface area contributed by atoms with E-state index in [1.54, 1.807) is 0 Å². The number of nitrogens with zero attached hydrogens (tertiary/aromatic N) is 1. The Morgan fingerprint density at radius 1 is 1.45 bits per heavy atom. The summed E-state index contributed by atoms with van der Waals surface area (Å²) in [6, 6.07) is 4.18. The van der Waals surface area contributed by atoms with E-state index in [1.165, 1.54) is 25.3 Å². The number of aromatic nitrogens is 2. The average molecular weight is 317 g/mol. The molecule has 0 saturated heterocycles. The van der Waals surface area contributed by atoms with Crippen LogP contribution in [0, 0.1) is 0 Å². The molecule has 20 heavy (non-hydrogen) atoms. The molecule has 0 aliphatic rings. The first-order valence-corrected chi connectivity index (χ1v) is 7.81. The predicted molar refractivity (Wildman–Crippen MR) is 72.2 cm³/mol. The van der Waals surface area contributed by atoms with Gasteiger partial charge in [-0.3, -0.25) is 4.79 Å². The van der Waals surface area contributed by atoms with Gasteiger partial charge < -0.3 is 9.72 Å². The molecule has 2 rings (SSSR count). The molecule has 0 atom stereocenters. The molecule has 1 aromatic heterocycles. The fourth-order valence-corrected chi connectivity index (χ4v) is 2.44. The monoisotopic (exact) mass is 316 g/mol. The van der Waals surface area contributed by atoms with Gasteiger partial charge in [-0.1, -0.05) is 0 Å². The molecule has 0 amide bonds. The number of ether oxygens (including phenoxy) is 1. The summed E-state index contributed by atoms with van der Waals surface area (Å²) in [6.45, 7) is 0. The molecule has 0 aliphatic carbocycles. The van der Waals surface area contributed by atoms with Crippen molar-refractivity contribution in [2.45, 2.75) is 5.75 Å². The Morgan fingerprint density at radius 2 is 2.15 bits per heavy atom. The Morgan fingerprint density at radius 3 is 2.75 bits per heavy atom. The summed E-state index contributed by atoms with van der Waals surface area (Å²) in [5.74, 6) is -1.29. The van der Waals surface area contributed by atoms with Gasteiger partial charge in [0.1, 0.15) is 11.6 Å². The lowest BCUT2D eigenvalue weighted by Crippen LogP contribution is -2.14. The van der Waals surface area contributed by atoms with Crippen LogP contribution in [-0.2, 0) is 19.5 Å². The number of halogens is 1. The van der Waals surface area contributed by atoms with E-state index in [2.05, 4.69) is 14.7 Å². The van der Waals surface area contributed by atoms with Gasteiger partial charge in [-0.05, 0) is 18.2 Å². The van der Waals surface area contributed by atoms with Crippen molar-refractivity contribution in [3.05, 3.63) is 39.9 Å². The zero-order valence-corrected chi connectivity index (χ0v) is 11.8. The van der Waals surface area contributed by atoms with E-state index in [0.29, 0.717) is 0 Å². The van der Waals surface area contributed by atoms with Crippen LogP contribution in [-0.4, -0.2) is 31.5 Å². The molecule has 0 saturated carbocycles. The summed E-state index contributed by atoms with van der Waals surface area (Å²) in [5.41, 5.74) is -0.119. The third-order valence-corrected chi connectivity index (χ3v) is 3.43. The number of hydrogen-bond donors (Lipinski definition) is 1. The number of H-pyrrole nitrogens is 1. The summed E-state index contributed by atoms with van der Waals surface area (Å²) < 4.78 is 26.6.